The van der Waals surface area contributed by atoms with Crippen molar-refractivity contribution in [1.29, 1.82) is 0 Å². The normalized spacial score (nSPS) is 10.4. The van der Waals surface area contributed by atoms with Gasteiger partial charge in [-0.3, -0.25) is 0 Å². The predicted molar refractivity (Wildman–Crippen MR) is 67.3 cm³/mol. The van der Waals surface area contributed by atoms with E-state index in [9.17, 15) is 4.91 Å². The molecule has 2 aromatic carbocycles. The Morgan fingerprint density at radius 1 is 0.833 bits per heavy atom. The summed E-state index contributed by atoms with van der Waals surface area (Å²) in [6.45, 7) is 0. The van der Waals surface area contributed by atoms with Gasteiger partial charge in [0.1, 0.15) is 0 Å². The maximum Gasteiger partial charge on any atom is 0.280 e. The lowest BCUT2D eigenvalue weighted by molar-refractivity contribution is -0.704. The van der Waals surface area contributed by atoms with Crippen molar-refractivity contribution >= 4 is 0 Å². The highest BCUT2D eigenvalue weighted by Gasteiger charge is 2.22. The molecule has 4 nitrogen and oxygen atoms in total. The predicted octanol–water partition coefficient (Wildman–Crippen LogP) is 2.86. The Balaban J connectivity index is 2.23. The van der Waals surface area contributed by atoms with Gasteiger partial charge in [-0.1, -0.05) is 70.4 Å². The molecule has 3 rings (SSSR count). The quantitative estimate of drug-likeness (QED) is 0.747. The lowest BCUT2D eigenvalue weighted by atomic mass is 10.1. The number of hydrogen-bond donors (Lipinski definition) is 1. The summed E-state index contributed by atoms with van der Waals surface area (Å²) in [7, 11) is 0. The van der Waals surface area contributed by atoms with Crippen molar-refractivity contribution < 1.29 is 9.23 Å². The SMILES string of the molecule is O=[n+]1o[nH]c(-c2ccccc2)c1-c1ccccc1. The van der Waals surface area contributed by atoms with Gasteiger partial charge in [0.15, 0.2) is 4.60 Å². The largest absolute Gasteiger partial charge is 0.280 e. The number of nitrogens with zero attached hydrogens (tertiary/aromatic N) is 1. The number of aromatic amines is 1. The molecular formula is C14H11N2O2+. The van der Waals surface area contributed by atoms with Crippen LogP contribution >= 0.6 is 0 Å². The molecule has 3 aromatic rings. The lowest BCUT2D eigenvalue weighted by Gasteiger charge is -1.94. The molecule has 1 heterocycles. The molecule has 0 fully saturated rings. The Bertz CT molecular complexity index is 699. The van der Waals surface area contributed by atoms with E-state index in [1.165, 1.54) is 0 Å². The average molecular weight is 239 g/mol. The molecule has 0 amide bonds. The summed E-state index contributed by atoms with van der Waals surface area (Å²) in [4.78, 5) is 11.7. The van der Waals surface area contributed by atoms with Gasteiger partial charge in [-0.05, 0) is 4.91 Å². The summed E-state index contributed by atoms with van der Waals surface area (Å²) in [6, 6.07) is 19.0. The van der Waals surface area contributed by atoms with Gasteiger partial charge in [-0.2, -0.15) is 0 Å². The molecule has 0 saturated heterocycles. The summed E-state index contributed by atoms with van der Waals surface area (Å²) in [5.41, 5.74) is 2.89. The van der Waals surface area contributed by atoms with E-state index in [0.29, 0.717) is 16.0 Å². The van der Waals surface area contributed by atoms with Gasteiger partial charge in [0, 0.05) is 11.1 Å². The van der Waals surface area contributed by atoms with E-state index >= 15 is 0 Å². The molecule has 0 unspecified atom stereocenters. The standard InChI is InChI=1S/C14H11N2O2/c17-16-14(12-9-5-2-6-10-12)13(15-18-16)11-7-3-1-4-8-11/h1-10,15H/q+1. The maximum atomic E-state index is 11.7. The van der Waals surface area contributed by atoms with E-state index in [2.05, 4.69) is 5.16 Å². The first-order valence-corrected chi connectivity index (χ1v) is 5.61. The third-order valence-corrected chi connectivity index (χ3v) is 2.76. The summed E-state index contributed by atoms with van der Waals surface area (Å²) in [5, 5.41) is 2.66. The molecule has 0 radical (unpaired) electrons. The fourth-order valence-electron chi connectivity index (χ4n) is 1.92. The van der Waals surface area contributed by atoms with Crippen molar-refractivity contribution in [3.63, 3.8) is 0 Å². The molecule has 88 valence electrons. The molecule has 18 heavy (non-hydrogen) atoms. The fourth-order valence-corrected chi connectivity index (χ4v) is 1.92. The number of nitrogens with one attached hydrogen (secondary N) is 1. The molecule has 4 heteroatoms. The van der Waals surface area contributed by atoms with Gasteiger partial charge in [0.05, 0.1) is 0 Å². The minimum absolute atomic E-state index is 0.488. The third-order valence-electron chi connectivity index (χ3n) is 2.76. The van der Waals surface area contributed by atoms with Crippen LogP contribution in [0.15, 0.2) is 65.3 Å². The van der Waals surface area contributed by atoms with Gasteiger partial charge in [0.2, 0.25) is 5.69 Å². The summed E-state index contributed by atoms with van der Waals surface area (Å²) in [5.74, 6) is 0. The topological polar surface area (TPSA) is 51.9 Å². The van der Waals surface area contributed by atoms with Crippen molar-refractivity contribution in [2.75, 3.05) is 0 Å². The first-order valence-electron chi connectivity index (χ1n) is 5.61. The smallest absolute Gasteiger partial charge is 0.0875 e. The van der Waals surface area contributed by atoms with Gasteiger partial charge in [-0.25, -0.2) is 0 Å². The minimum atomic E-state index is 0.488. The average Bonchev–Trinajstić information content (AvgIpc) is 2.83. The van der Waals surface area contributed by atoms with E-state index in [-0.39, 0.29) is 0 Å². The number of rotatable bonds is 2. The van der Waals surface area contributed by atoms with Crippen molar-refractivity contribution in [3.05, 3.63) is 65.6 Å². The van der Waals surface area contributed by atoms with E-state index < -0.39 is 0 Å². The Morgan fingerprint density at radius 2 is 1.39 bits per heavy atom. The number of benzene rings is 2. The Labute approximate surface area is 103 Å². The molecule has 0 aliphatic heterocycles. The Hall–Kier alpha value is -2.62. The van der Waals surface area contributed by atoms with E-state index in [0.717, 1.165) is 11.1 Å². The highest BCUT2D eigenvalue weighted by Crippen LogP contribution is 2.26. The molecule has 1 N–H and O–H groups in total. The van der Waals surface area contributed by atoms with Gasteiger partial charge >= 0.3 is 0 Å². The van der Waals surface area contributed by atoms with Crippen LogP contribution < -0.4 is 4.60 Å². The van der Waals surface area contributed by atoms with Crippen LogP contribution in [0.4, 0.5) is 0 Å². The van der Waals surface area contributed by atoms with Crippen molar-refractivity contribution in [2.45, 2.75) is 0 Å². The van der Waals surface area contributed by atoms with Crippen LogP contribution in [0.1, 0.15) is 0 Å². The highest BCUT2D eigenvalue weighted by molar-refractivity contribution is 5.74. The molecule has 1 aromatic heterocycles. The molecule has 0 bridgehead atoms. The lowest BCUT2D eigenvalue weighted by Crippen LogP contribution is -2.12. The van der Waals surface area contributed by atoms with Gasteiger partial charge in [-0.15, -0.1) is 0 Å². The molecule has 0 saturated carbocycles. The van der Waals surface area contributed by atoms with Crippen LogP contribution in [0, 0.1) is 4.91 Å². The Morgan fingerprint density at radius 3 is 2.00 bits per heavy atom. The fraction of sp³-hybridized carbons (Fsp3) is 0. The highest BCUT2D eigenvalue weighted by atomic mass is 16.7. The maximum absolute atomic E-state index is 11.7. The number of H-pyrrole nitrogens is 1. The van der Waals surface area contributed by atoms with E-state index in [1.807, 2.05) is 60.7 Å². The second-order valence-electron chi connectivity index (χ2n) is 3.91. The zero-order valence-corrected chi connectivity index (χ0v) is 9.54. The monoisotopic (exact) mass is 239 g/mol. The Kier molecular flexibility index (Phi) is 2.53. The van der Waals surface area contributed by atoms with Crippen LogP contribution in [0.2, 0.25) is 0 Å². The molecule has 0 aliphatic carbocycles. The summed E-state index contributed by atoms with van der Waals surface area (Å²) >= 11 is 0. The van der Waals surface area contributed by atoms with Crippen LogP contribution in [0.5, 0.6) is 0 Å². The third kappa shape index (κ3) is 1.73. The van der Waals surface area contributed by atoms with Crippen molar-refractivity contribution in [2.24, 2.45) is 0 Å². The van der Waals surface area contributed by atoms with Crippen LogP contribution in [0.25, 0.3) is 22.5 Å². The molecule has 0 aliphatic rings. The second kappa shape index (κ2) is 4.33. The first-order chi connectivity index (χ1) is 8.86. The zero-order valence-electron chi connectivity index (χ0n) is 9.54. The first kappa shape index (κ1) is 10.5. The zero-order chi connectivity index (χ0) is 12.4. The van der Waals surface area contributed by atoms with E-state index in [1.54, 1.807) is 0 Å². The van der Waals surface area contributed by atoms with Gasteiger partial charge in [0.25, 0.3) is 5.69 Å². The van der Waals surface area contributed by atoms with E-state index in [4.69, 9.17) is 4.63 Å². The van der Waals surface area contributed by atoms with Gasteiger partial charge < -0.3 is 0 Å². The summed E-state index contributed by atoms with van der Waals surface area (Å²) < 4.78 is 5.34. The number of hydrogen-bond acceptors (Lipinski definition) is 2. The second-order valence-corrected chi connectivity index (χ2v) is 3.91. The molecule has 0 spiro atoms. The molecule has 0 atom stereocenters. The van der Waals surface area contributed by atoms with Crippen LogP contribution in [0.3, 0.4) is 0 Å². The number of aromatic nitrogens is 2. The van der Waals surface area contributed by atoms with Crippen molar-refractivity contribution in [3.8, 4) is 22.5 Å². The minimum Gasteiger partial charge on any atom is -0.0875 e. The van der Waals surface area contributed by atoms with Crippen LogP contribution in [-0.4, -0.2) is 5.16 Å². The molecular weight excluding hydrogens is 228 g/mol. The van der Waals surface area contributed by atoms with Crippen LogP contribution in [-0.2, 0) is 0 Å². The summed E-state index contributed by atoms with van der Waals surface area (Å²) in [6.07, 6.45) is 0. The van der Waals surface area contributed by atoms with Crippen molar-refractivity contribution in [1.82, 2.24) is 5.16 Å².